The molecule has 2 fully saturated rings. The molecular weight excluding hydrogens is 1810 g/mol. The number of phenolic OH excluding ortho intramolecular Hbond substituents is 1. The summed E-state index contributed by atoms with van der Waals surface area (Å²) < 4.78 is -1.48. The van der Waals surface area contributed by atoms with Gasteiger partial charge in [0, 0.05) is 74.1 Å². The Labute approximate surface area is 796 Å². The van der Waals surface area contributed by atoms with E-state index < -0.39 is 245 Å². The average Bonchev–Trinajstić information content (AvgIpc) is 1.67. The number of phenols is 1. The van der Waals surface area contributed by atoms with Crippen molar-refractivity contribution in [1.29, 1.82) is 0 Å². The number of aromatic amines is 1. The largest absolute Gasteiger partial charge is 0.508 e. The van der Waals surface area contributed by atoms with E-state index in [0.29, 0.717) is 28.8 Å². The number of aromatic nitrogens is 2. The van der Waals surface area contributed by atoms with Gasteiger partial charge in [-0.3, -0.25) is 91.3 Å². The number of hydrogen-bond acceptors (Lipinski definition) is 26. The molecule has 28 N–H and O–H groups in total. The van der Waals surface area contributed by atoms with Gasteiger partial charge in [-0.1, -0.05) is 107 Å². The summed E-state index contributed by atoms with van der Waals surface area (Å²) in [6, 6.07) is 1.81. The number of amides is 18. The van der Waals surface area contributed by atoms with Gasteiger partial charge < -0.3 is 133 Å². The molecule has 48 heteroatoms. The van der Waals surface area contributed by atoms with Gasteiger partial charge in [0.15, 0.2) is 5.96 Å². The number of nitrogens with zero attached hydrogens (tertiary/aromatic N) is 4. The number of guanidine groups is 1. The van der Waals surface area contributed by atoms with Gasteiger partial charge in [-0.25, -0.2) is 9.78 Å². The second-order valence-electron chi connectivity index (χ2n) is 34.3. The van der Waals surface area contributed by atoms with Crippen LogP contribution in [0.5, 0.6) is 5.75 Å². The van der Waals surface area contributed by atoms with Crippen molar-refractivity contribution in [3.63, 3.8) is 0 Å². The lowest BCUT2D eigenvalue weighted by Gasteiger charge is -2.33. The second kappa shape index (κ2) is 54.7. The van der Waals surface area contributed by atoms with E-state index in [-0.39, 0.29) is 121 Å². The predicted molar refractivity (Wildman–Crippen MR) is 499 cm³/mol. The van der Waals surface area contributed by atoms with Crippen LogP contribution in [0.3, 0.4) is 0 Å². The molecule has 136 heavy (non-hydrogen) atoms. The van der Waals surface area contributed by atoms with Gasteiger partial charge in [-0.15, -0.1) is 0 Å². The number of likely N-dealkylation sites (tertiary alicyclic amines) is 2. The molecule has 0 saturated carbocycles. The number of aromatic hydroxyl groups is 1. The molecule has 3 heterocycles. The highest BCUT2D eigenvalue weighted by Crippen LogP contribution is 2.25. The third-order valence-electron chi connectivity index (χ3n) is 22.4. The van der Waals surface area contributed by atoms with Crippen LogP contribution in [0.1, 0.15) is 141 Å². The van der Waals surface area contributed by atoms with Gasteiger partial charge in [0.2, 0.25) is 106 Å². The monoisotopic (exact) mass is 1940 g/mol. The van der Waals surface area contributed by atoms with Gasteiger partial charge in [0.25, 0.3) is 0 Å². The van der Waals surface area contributed by atoms with Crippen molar-refractivity contribution < 1.29 is 106 Å². The first-order chi connectivity index (χ1) is 64.3. The number of nitrogens with one attached hydrogen (secondary N) is 15. The standard InChI is InChI=1S/C88H128N24O22S2/c1-8-47(4)70(83(130)105-56(34-46(2)3)77(124)106-61(37-51-25-27-53(114)28-26-51)85(132)112-33-16-23-63(112)81(128)107-62(44-135)80(127)104-60(39-66(91)116)75(122)98-43-69(119)111-32-17-24-64(111)86(133)134)108-68(118)42-96-74(121)57(35-49-18-11-9-12-19-49)102-78(125)59(38-52-40-94-45-99-52)100-67(117)41-97-82(129)71(48(5)113)109-84(131)72(88(6,7)136)110-79(126)58(36-50-20-13-10-14-21-50)103-76(123)55(22-15-31-95-87(92)93)101-73(120)54(89)29-30-65(90)115/h9-14,18-21,25-28,40,45-48,54-64,70-72,113-114,135-136H,8,15-17,22-24,29-39,41-44,89H2,1-7H3,(H2,90,115)(H2,91,116)(H,94,99)(H,96,121)(H,97,129)(H,98,122)(H,100,117)(H,101,120)(H,102,125)(H,103,123)(H,104,127)(H,105,130)(H,106,124)(H,107,128)(H,108,118)(H,109,131)(H,110,126)(H,133,134)(H4,92,93,95)/t47-,48+,54-,55-,56-,57-,58-,59-,60-,61-,62-,63-,64-,70+,71-,72+/m0/s1. The fraction of sp³-hybridized carbons (Fsp3) is 0.534. The zero-order chi connectivity index (χ0) is 101. The van der Waals surface area contributed by atoms with Gasteiger partial charge >= 0.3 is 5.97 Å². The van der Waals surface area contributed by atoms with Crippen LogP contribution in [0.25, 0.3) is 0 Å². The zero-order valence-corrected chi connectivity index (χ0v) is 78.6. The van der Waals surface area contributed by atoms with Gasteiger partial charge in [-0.2, -0.15) is 25.3 Å². The van der Waals surface area contributed by atoms with E-state index in [0.717, 1.165) is 11.8 Å². The van der Waals surface area contributed by atoms with Gasteiger partial charge in [-0.05, 0) is 113 Å². The minimum absolute atomic E-state index is 0.0284. The molecule has 4 aromatic rings. The highest BCUT2D eigenvalue weighted by molar-refractivity contribution is 7.81. The molecule has 0 spiro atoms. The Bertz CT molecular complexity index is 4840. The number of nitrogens with two attached hydrogens (primary N) is 5. The summed E-state index contributed by atoms with van der Waals surface area (Å²) in [5, 5.41) is 66.4. The molecule has 1 aromatic heterocycles. The summed E-state index contributed by atoms with van der Waals surface area (Å²) in [7, 11) is 0. The molecule has 18 amide bonds. The minimum atomic E-state index is -1.85. The Balaban J connectivity index is 1.13. The van der Waals surface area contributed by atoms with Crippen molar-refractivity contribution >= 4 is 144 Å². The molecule has 0 aliphatic carbocycles. The maximum atomic E-state index is 15.0. The number of benzene rings is 3. The maximum absolute atomic E-state index is 15.0. The Morgan fingerprint density at radius 3 is 1.58 bits per heavy atom. The molecular formula is C88H128N24O22S2. The number of aliphatic hydroxyl groups excluding tert-OH is 1. The van der Waals surface area contributed by atoms with E-state index in [9.17, 15) is 102 Å². The maximum Gasteiger partial charge on any atom is 0.326 e. The summed E-state index contributed by atoms with van der Waals surface area (Å²) in [4.78, 5) is 275. The molecule has 46 nitrogen and oxygen atoms in total. The third kappa shape index (κ3) is 36.7. The van der Waals surface area contributed by atoms with E-state index in [1.807, 2.05) is 0 Å². The topological polar surface area (TPSA) is 731 Å². The van der Waals surface area contributed by atoms with Crippen molar-refractivity contribution in [2.45, 2.75) is 240 Å². The number of carbonyl (C=O) groups is 19. The van der Waals surface area contributed by atoms with Crippen LogP contribution in [-0.4, -0.2) is 294 Å². The molecule has 0 bridgehead atoms. The number of imidazole rings is 1. The van der Waals surface area contributed by atoms with E-state index >= 15 is 4.79 Å². The van der Waals surface area contributed by atoms with E-state index in [1.165, 1.54) is 55.5 Å². The SMILES string of the molecule is CC[C@H](C)[C@@H](NC(=O)CNC(=O)[C@H](Cc1ccccc1)NC(=O)[C@H](Cc1cnc[nH]1)NC(=O)CNC(=O)[C@@H](NC(=O)[C@@H](NC(=O)[C@H](Cc1ccccc1)NC(=O)[C@H](CCCN=C(N)N)NC(=O)[C@@H](N)CCC(N)=O)C(C)(C)S)[C@@H](C)O)C(=O)N[C@@H](CC(C)C)C(=O)N[C@@H](Cc1ccc(O)cc1)C(=O)N1CCC[C@H]1C(=O)N[C@@H](CS)C(=O)N[C@@H](CC(N)=O)C(=O)NCC(=O)N1CCC[C@H]1C(=O)O. The zero-order valence-electron chi connectivity index (χ0n) is 76.8. The fourth-order valence-corrected chi connectivity index (χ4v) is 15.3. The quantitative estimate of drug-likeness (QED) is 0.00846. The molecule has 0 radical (unpaired) electrons. The minimum Gasteiger partial charge on any atom is -0.508 e. The Kier molecular flexibility index (Phi) is 44.8. The number of carboxylic acid groups (broad SMARTS) is 1. The summed E-state index contributed by atoms with van der Waals surface area (Å²) in [5.74, 6) is -19.6. The molecule has 744 valence electrons. The first kappa shape index (κ1) is 111. The lowest BCUT2D eigenvalue weighted by atomic mass is 9.96. The number of thiol groups is 2. The summed E-state index contributed by atoms with van der Waals surface area (Å²) in [5.41, 5.74) is 29.5. The number of aliphatic imine (C=N–C) groups is 1. The van der Waals surface area contributed by atoms with E-state index in [2.05, 4.69) is 115 Å². The lowest BCUT2D eigenvalue weighted by Crippen LogP contribution is -2.64. The number of rotatable bonds is 55. The molecule has 6 rings (SSSR count). The van der Waals surface area contributed by atoms with Crippen molar-refractivity contribution in [1.82, 2.24) is 94.2 Å². The van der Waals surface area contributed by atoms with Crippen molar-refractivity contribution in [2.24, 2.45) is 45.5 Å². The van der Waals surface area contributed by atoms with Crippen LogP contribution in [0.15, 0.2) is 102 Å². The molecule has 2 aliphatic rings. The number of H-pyrrole nitrogens is 1. The van der Waals surface area contributed by atoms with Crippen LogP contribution in [0.4, 0.5) is 0 Å². The lowest BCUT2D eigenvalue weighted by molar-refractivity contribution is -0.148. The van der Waals surface area contributed by atoms with E-state index in [4.69, 9.17) is 28.7 Å². The summed E-state index contributed by atoms with van der Waals surface area (Å²) in [6.45, 7) is 8.62. The average molecular weight is 1940 g/mol. The van der Waals surface area contributed by atoms with Crippen LogP contribution >= 0.6 is 25.3 Å². The molecule has 16 atom stereocenters. The Morgan fingerprint density at radius 2 is 1.03 bits per heavy atom. The molecule has 0 unspecified atom stereocenters. The predicted octanol–water partition coefficient (Wildman–Crippen LogP) is -6.23. The highest BCUT2D eigenvalue weighted by Gasteiger charge is 2.44. The van der Waals surface area contributed by atoms with Crippen molar-refractivity contribution in [3.8, 4) is 5.75 Å². The molecule has 2 saturated heterocycles. The Hall–Kier alpha value is -13.5. The van der Waals surface area contributed by atoms with Crippen molar-refractivity contribution in [2.75, 3.05) is 45.0 Å². The highest BCUT2D eigenvalue weighted by atomic mass is 32.1. The molecule has 3 aromatic carbocycles. The van der Waals surface area contributed by atoms with E-state index in [1.54, 1.807) is 88.4 Å². The second-order valence-corrected chi connectivity index (χ2v) is 35.8. The number of aliphatic hydroxyl groups is 1. The number of carbonyl (C=O) groups excluding carboxylic acids is 18. The fourth-order valence-electron chi connectivity index (χ4n) is 14.8. The van der Waals surface area contributed by atoms with Gasteiger partial charge in [0.05, 0.1) is 44.5 Å². The van der Waals surface area contributed by atoms with Crippen LogP contribution in [-0.2, 0) is 117 Å². The van der Waals surface area contributed by atoms with Crippen LogP contribution in [0, 0.1) is 11.8 Å². The summed E-state index contributed by atoms with van der Waals surface area (Å²) in [6.07, 6.45) is 0.0336. The summed E-state index contributed by atoms with van der Waals surface area (Å²) >= 11 is 8.85. The first-order valence-electron chi connectivity index (χ1n) is 44.5. The number of carboxylic acids is 1. The Morgan fingerprint density at radius 1 is 0.529 bits per heavy atom. The number of aliphatic carboxylic acids is 1. The number of primary amides is 2. The molecule has 2 aliphatic heterocycles. The van der Waals surface area contributed by atoms with Crippen molar-refractivity contribution in [3.05, 3.63) is 120 Å². The third-order valence-corrected chi connectivity index (χ3v) is 23.0. The normalized spacial score (nSPS) is 16.6. The first-order valence-corrected chi connectivity index (χ1v) is 45.6. The van der Waals surface area contributed by atoms with Crippen LogP contribution < -0.4 is 103 Å². The smallest absolute Gasteiger partial charge is 0.326 e. The number of hydrogen-bond donors (Lipinski definition) is 25. The van der Waals surface area contributed by atoms with Crippen LogP contribution in [0.2, 0.25) is 0 Å². The van der Waals surface area contributed by atoms with Gasteiger partial charge in [0.1, 0.15) is 84.3 Å².